The van der Waals surface area contributed by atoms with E-state index in [4.69, 9.17) is 10.3 Å². The van der Waals surface area contributed by atoms with Crippen molar-refractivity contribution < 1.29 is 9.32 Å². The average Bonchev–Trinajstić information content (AvgIpc) is 3.12. The summed E-state index contributed by atoms with van der Waals surface area (Å²) >= 11 is 4.92. The molecule has 0 aliphatic heterocycles. The molecule has 25 heavy (non-hydrogen) atoms. The summed E-state index contributed by atoms with van der Waals surface area (Å²) in [5.74, 6) is 0.582. The molecular weight excluding hydrogens is 402 g/mol. The molecule has 0 radical (unpaired) electrons. The lowest BCUT2D eigenvalue weighted by molar-refractivity contribution is 0.0905. The summed E-state index contributed by atoms with van der Waals surface area (Å²) in [7, 11) is 0. The van der Waals surface area contributed by atoms with Gasteiger partial charge in [-0.2, -0.15) is 0 Å². The summed E-state index contributed by atoms with van der Waals surface area (Å²) < 4.78 is 6.06. The van der Waals surface area contributed by atoms with Crippen molar-refractivity contribution in [2.24, 2.45) is 11.3 Å². The first-order valence-electron chi connectivity index (χ1n) is 8.57. The molecular formula is C18H24BrN3O2S. The van der Waals surface area contributed by atoms with Gasteiger partial charge in [-0.25, -0.2) is 0 Å². The van der Waals surface area contributed by atoms with Crippen molar-refractivity contribution in [3.8, 4) is 10.6 Å². The van der Waals surface area contributed by atoms with Crippen LogP contribution >= 0.6 is 27.3 Å². The number of rotatable bonds is 3. The summed E-state index contributed by atoms with van der Waals surface area (Å²) in [5, 5.41) is 7.11. The highest BCUT2D eigenvalue weighted by molar-refractivity contribution is 9.11. The maximum absolute atomic E-state index is 12.8. The minimum absolute atomic E-state index is 0.0698. The van der Waals surface area contributed by atoms with Crippen LogP contribution in [0.3, 0.4) is 0 Å². The molecule has 1 saturated carbocycles. The van der Waals surface area contributed by atoms with Crippen molar-refractivity contribution in [3.05, 3.63) is 21.5 Å². The van der Waals surface area contributed by atoms with E-state index in [0.717, 1.165) is 34.3 Å². The van der Waals surface area contributed by atoms with Crippen LogP contribution in [0, 0.1) is 11.3 Å². The van der Waals surface area contributed by atoms with Gasteiger partial charge in [0.05, 0.1) is 8.66 Å². The van der Waals surface area contributed by atoms with Crippen LogP contribution in [0.5, 0.6) is 0 Å². The van der Waals surface area contributed by atoms with E-state index in [1.54, 1.807) is 0 Å². The van der Waals surface area contributed by atoms with Crippen molar-refractivity contribution in [1.82, 2.24) is 10.5 Å². The third-order valence-electron chi connectivity index (χ3n) is 5.04. The Morgan fingerprint density at radius 3 is 2.56 bits per heavy atom. The van der Waals surface area contributed by atoms with Gasteiger partial charge in [0, 0.05) is 6.04 Å². The monoisotopic (exact) mass is 425 g/mol. The zero-order valence-corrected chi connectivity index (χ0v) is 17.2. The van der Waals surface area contributed by atoms with Crippen LogP contribution in [0.2, 0.25) is 0 Å². The van der Waals surface area contributed by atoms with Gasteiger partial charge in [-0.05, 0) is 65.1 Å². The van der Waals surface area contributed by atoms with Gasteiger partial charge in [0.2, 0.25) is 5.88 Å². The standard InChI is InChI=1S/C18H24BrN3O2S/c1-18(2,3)10-4-6-11(7-5-10)21-17(23)14-15(22-24-16(14)20)12-8-9-13(19)25-12/h8-11H,4-7,20H2,1-3H3,(H,21,23). The van der Waals surface area contributed by atoms with E-state index in [9.17, 15) is 4.79 Å². The lowest BCUT2D eigenvalue weighted by atomic mass is 9.71. The Labute approximate surface area is 160 Å². The van der Waals surface area contributed by atoms with Crippen molar-refractivity contribution in [3.63, 3.8) is 0 Å². The molecule has 1 aliphatic rings. The van der Waals surface area contributed by atoms with E-state index in [2.05, 4.69) is 47.2 Å². The number of nitrogens with one attached hydrogen (secondary N) is 1. The molecule has 0 spiro atoms. The van der Waals surface area contributed by atoms with Crippen LogP contribution in [0.15, 0.2) is 20.4 Å². The zero-order chi connectivity index (χ0) is 18.2. The number of nitrogens with two attached hydrogens (primary N) is 1. The normalized spacial score (nSPS) is 21.3. The van der Waals surface area contributed by atoms with Gasteiger partial charge in [0.1, 0.15) is 11.3 Å². The largest absolute Gasteiger partial charge is 0.367 e. The van der Waals surface area contributed by atoms with Gasteiger partial charge < -0.3 is 15.6 Å². The second-order valence-electron chi connectivity index (χ2n) is 7.76. The van der Waals surface area contributed by atoms with Gasteiger partial charge in [-0.3, -0.25) is 4.79 Å². The highest BCUT2D eigenvalue weighted by atomic mass is 79.9. The summed E-state index contributed by atoms with van der Waals surface area (Å²) in [6.45, 7) is 6.87. The van der Waals surface area contributed by atoms with Crippen LogP contribution in [-0.2, 0) is 0 Å². The fraction of sp³-hybridized carbons (Fsp3) is 0.556. The number of nitrogens with zero attached hydrogens (tertiary/aromatic N) is 1. The second kappa shape index (κ2) is 7.11. The average molecular weight is 426 g/mol. The van der Waals surface area contributed by atoms with E-state index in [0.29, 0.717) is 22.6 Å². The summed E-state index contributed by atoms with van der Waals surface area (Å²) in [5.41, 5.74) is 7.05. The van der Waals surface area contributed by atoms with Crippen LogP contribution in [0.1, 0.15) is 56.8 Å². The first-order valence-corrected chi connectivity index (χ1v) is 10.2. The molecule has 1 fully saturated rings. The SMILES string of the molecule is CC(C)(C)C1CCC(NC(=O)c2c(-c3ccc(Br)s3)noc2N)CC1. The minimum Gasteiger partial charge on any atom is -0.367 e. The maximum Gasteiger partial charge on any atom is 0.259 e. The Balaban J connectivity index is 1.70. The number of aromatic nitrogens is 1. The third-order valence-corrected chi connectivity index (χ3v) is 6.67. The number of thiophene rings is 1. The molecule has 2 heterocycles. The Morgan fingerprint density at radius 1 is 1.32 bits per heavy atom. The number of hydrogen-bond donors (Lipinski definition) is 2. The first kappa shape index (κ1) is 18.5. The van der Waals surface area contributed by atoms with Crippen LogP contribution in [-0.4, -0.2) is 17.1 Å². The molecule has 0 bridgehead atoms. The van der Waals surface area contributed by atoms with Crippen molar-refractivity contribution >= 4 is 39.1 Å². The molecule has 2 aromatic heterocycles. The molecule has 0 aromatic carbocycles. The Bertz CT molecular complexity index is 755. The first-order chi connectivity index (χ1) is 11.8. The van der Waals surface area contributed by atoms with Gasteiger partial charge in [-0.1, -0.05) is 25.9 Å². The zero-order valence-electron chi connectivity index (χ0n) is 14.8. The highest BCUT2D eigenvalue weighted by Gasteiger charge is 2.31. The lowest BCUT2D eigenvalue weighted by Gasteiger charge is -2.37. The fourth-order valence-electron chi connectivity index (χ4n) is 3.49. The topological polar surface area (TPSA) is 81.2 Å². The van der Waals surface area contributed by atoms with Crippen molar-refractivity contribution in [1.29, 1.82) is 0 Å². The quantitative estimate of drug-likeness (QED) is 0.717. The number of hydrogen-bond acceptors (Lipinski definition) is 5. The molecule has 0 unspecified atom stereocenters. The number of amides is 1. The van der Waals surface area contributed by atoms with Crippen LogP contribution in [0.25, 0.3) is 10.6 Å². The molecule has 136 valence electrons. The molecule has 0 saturated heterocycles. The van der Waals surface area contributed by atoms with Crippen molar-refractivity contribution in [2.75, 3.05) is 5.73 Å². The molecule has 3 N–H and O–H groups in total. The molecule has 1 aliphatic carbocycles. The van der Waals surface area contributed by atoms with Crippen LogP contribution in [0.4, 0.5) is 5.88 Å². The van der Waals surface area contributed by atoms with Gasteiger partial charge >= 0.3 is 0 Å². The molecule has 7 heteroatoms. The Hall–Kier alpha value is -1.34. The summed E-state index contributed by atoms with van der Waals surface area (Å²) in [4.78, 5) is 13.6. The fourth-order valence-corrected chi connectivity index (χ4v) is 4.87. The summed E-state index contributed by atoms with van der Waals surface area (Å²) in [6, 6.07) is 4.00. The lowest BCUT2D eigenvalue weighted by Crippen LogP contribution is -2.39. The minimum atomic E-state index is -0.197. The smallest absolute Gasteiger partial charge is 0.259 e. The van der Waals surface area contributed by atoms with E-state index >= 15 is 0 Å². The number of anilines is 1. The highest BCUT2D eigenvalue weighted by Crippen LogP contribution is 2.38. The number of halogens is 1. The van der Waals surface area contributed by atoms with E-state index in [1.165, 1.54) is 11.3 Å². The maximum atomic E-state index is 12.8. The molecule has 0 atom stereocenters. The van der Waals surface area contributed by atoms with Gasteiger partial charge in [-0.15, -0.1) is 11.3 Å². The number of nitrogen functional groups attached to an aromatic ring is 1. The van der Waals surface area contributed by atoms with Crippen LogP contribution < -0.4 is 11.1 Å². The molecule has 1 amide bonds. The molecule has 5 nitrogen and oxygen atoms in total. The molecule has 2 aromatic rings. The summed E-state index contributed by atoms with van der Waals surface area (Å²) in [6.07, 6.45) is 4.27. The van der Waals surface area contributed by atoms with Gasteiger partial charge in [0.15, 0.2) is 0 Å². The number of carbonyl (C=O) groups excluding carboxylic acids is 1. The molecule has 3 rings (SSSR count). The third kappa shape index (κ3) is 4.08. The van der Waals surface area contributed by atoms with E-state index in [1.807, 2.05) is 12.1 Å². The van der Waals surface area contributed by atoms with E-state index < -0.39 is 0 Å². The Kier molecular flexibility index (Phi) is 5.25. The number of carbonyl (C=O) groups is 1. The predicted molar refractivity (Wildman–Crippen MR) is 105 cm³/mol. The Morgan fingerprint density at radius 2 is 2.00 bits per heavy atom. The second-order valence-corrected chi connectivity index (χ2v) is 10.2. The predicted octanol–water partition coefficient (Wildman–Crippen LogP) is 5.08. The van der Waals surface area contributed by atoms with Gasteiger partial charge in [0.25, 0.3) is 5.91 Å². The van der Waals surface area contributed by atoms with E-state index in [-0.39, 0.29) is 17.8 Å². The van der Waals surface area contributed by atoms with Crippen molar-refractivity contribution in [2.45, 2.75) is 52.5 Å².